The van der Waals surface area contributed by atoms with Crippen LogP contribution in [0.5, 0.6) is 0 Å². The smallest absolute Gasteiger partial charge is 0.307 e. The summed E-state index contributed by atoms with van der Waals surface area (Å²) in [5, 5.41) is 0. The quantitative estimate of drug-likeness (QED) is 0.513. The average molecular weight is 148 g/mol. The molecule has 10 heavy (non-hydrogen) atoms. The third-order valence-corrected chi connectivity index (χ3v) is 1.62. The Morgan fingerprint density at radius 3 is 2.70 bits per heavy atom. The minimum Gasteiger partial charge on any atom is -0.492 e. The van der Waals surface area contributed by atoms with Crippen LogP contribution in [-0.4, -0.2) is 6.61 Å². The Balaban J connectivity index is 2.48. The molecule has 1 atom stereocenters. The third kappa shape index (κ3) is 1.69. The highest BCUT2D eigenvalue weighted by Gasteiger charge is 2.16. The fourth-order valence-electron chi connectivity index (χ4n) is 0.925. The maximum atomic E-state index is 11.8. The lowest BCUT2D eigenvalue weighted by molar-refractivity contribution is 0.106. The second kappa shape index (κ2) is 2.99. The van der Waals surface area contributed by atoms with E-state index in [0.717, 1.165) is 6.42 Å². The topological polar surface area (TPSA) is 9.23 Å². The Morgan fingerprint density at radius 1 is 1.60 bits per heavy atom. The number of ether oxygens (including phenoxy) is 1. The molecule has 0 amide bonds. The van der Waals surface area contributed by atoms with E-state index in [0.29, 0.717) is 18.9 Å². The van der Waals surface area contributed by atoms with Crippen molar-refractivity contribution in [2.24, 2.45) is 5.92 Å². The summed E-state index contributed by atoms with van der Waals surface area (Å²) in [5.74, 6) is 0.307. The molecule has 58 valence electrons. The van der Waals surface area contributed by atoms with Crippen molar-refractivity contribution in [3.63, 3.8) is 0 Å². The predicted molar refractivity (Wildman–Crippen MR) is 33.6 cm³/mol. The molecule has 0 N–H and O–H groups in total. The van der Waals surface area contributed by atoms with Crippen LogP contribution in [0.2, 0.25) is 0 Å². The maximum absolute atomic E-state index is 11.8. The molecule has 0 aromatic heterocycles. The highest BCUT2D eigenvalue weighted by atomic mass is 19.3. The van der Waals surface area contributed by atoms with E-state index in [1.165, 1.54) is 0 Å². The van der Waals surface area contributed by atoms with E-state index in [9.17, 15) is 8.78 Å². The molecule has 0 saturated carbocycles. The van der Waals surface area contributed by atoms with E-state index in [-0.39, 0.29) is 5.76 Å². The molecule has 1 heterocycles. The van der Waals surface area contributed by atoms with Gasteiger partial charge < -0.3 is 4.74 Å². The van der Waals surface area contributed by atoms with Gasteiger partial charge in [0, 0.05) is 6.42 Å². The van der Waals surface area contributed by atoms with E-state index in [1.807, 2.05) is 6.92 Å². The molecule has 1 rings (SSSR count). The fraction of sp³-hybridized carbons (Fsp3) is 0.714. The van der Waals surface area contributed by atoms with Crippen LogP contribution in [0.4, 0.5) is 8.78 Å². The Bertz CT molecular complexity index is 140. The van der Waals surface area contributed by atoms with Crippen molar-refractivity contribution in [2.75, 3.05) is 6.61 Å². The number of hydrogen-bond donors (Lipinski definition) is 0. The number of halogens is 2. The molecular formula is C7H10F2O. The summed E-state index contributed by atoms with van der Waals surface area (Å²) in [7, 11) is 0. The van der Waals surface area contributed by atoms with E-state index >= 15 is 0 Å². The van der Waals surface area contributed by atoms with Crippen molar-refractivity contribution in [3.05, 3.63) is 11.8 Å². The van der Waals surface area contributed by atoms with Crippen molar-refractivity contribution in [3.8, 4) is 0 Å². The van der Waals surface area contributed by atoms with Crippen LogP contribution < -0.4 is 0 Å². The molecule has 1 saturated heterocycles. The molecule has 1 unspecified atom stereocenters. The van der Waals surface area contributed by atoms with Crippen molar-refractivity contribution in [1.29, 1.82) is 0 Å². The molecule has 0 bridgehead atoms. The zero-order valence-corrected chi connectivity index (χ0v) is 5.86. The van der Waals surface area contributed by atoms with Crippen LogP contribution in [0.15, 0.2) is 11.8 Å². The van der Waals surface area contributed by atoms with Gasteiger partial charge in [0.2, 0.25) is 0 Å². The SMILES string of the molecule is CC1CCC(=C(F)F)OC1. The Kier molecular flexibility index (Phi) is 2.25. The van der Waals surface area contributed by atoms with Crippen LogP contribution in [0.25, 0.3) is 0 Å². The van der Waals surface area contributed by atoms with Gasteiger partial charge in [0.15, 0.2) is 5.76 Å². The first kappa shape index (κ1) is 7.51. The molecule has 0 aromatic carbocycles. The van der Waals surface area contributed by atoms with Gasteiger partial charge in [-0.05, 0) is 12.3 Å². The molecule has 0 aromatic rings. The molecule has 1 fully saturated rings. The molecule has 3 heteroatoms. The van der Waals surface area contributed by atoms with Gasteiger partial charge in [-0.2, -0.15) is 8.78 Å². The Hall–Kier alpha value is -0.600. The van der Waals surface area contributed by atoms with Gasteiger partial charge >= 0.3 is 6.08 Å². The normalized spacial score (nSPS) is 25.9. The minimum atomic E-state index is -1.66. The second-order valence-corrected chi connectivity index (χ2v) is 2.64. The van der Waals surface area contributed by atoms with Crippen molar-refractivity contribution in [2.45, 2.75) is 19.8 Å². The van der Waals surface area contributed by atoms with E-state index < -0.39 is 6.08 Å². The molecule has 0 aliphatic carbocycles. The van der Waals surface area contributed by atoms with Crippen LogP contribution >= 0.6 is 0 Å². The van der Waals surface area contributed by atoms with E-state index in [2.05, 4.69) is 0 Å². The van der Waals surface area contributed by atoms with Gasteiger partial charge in [-0.25, -0.2) is 0 Å². The minimum absolute atomic E-state index is 0.113. The summed E-state index contributed by atoms with van der Waals surface area (Å²) < 4.78 is 28.4. The molecule has 0 radical (unpaired) electrons. The molecule has 1 aliphatic rings. The zero-order chi connectivity index (χ0) is 7.56. The summed E-state index contributed by atoms with van der Waals surface area (Å²) in [4.78, 5) is 0. The lowest BCUT2D eigenvalue weighted by Gasteiger charge is -2.20. The van der Waals surface area contributed by atoms with Gasteiger partial charge in [0.05, 0.1) is 6.61 Å². The van der Waals surface area contributed by atoms with Crippen LogP contribution in [0.1, 0.15) is 19.8 Å². The molecule has 1 nitrogen and oxygen atoms in total. The lowest BCUT2D eigenvalue weighted by Crippen LogP contribution is -2.13. The van der Waals surface area contributed by atoms with E-state index in [4.69, 9.17) is 4.74 Å². The van der Waals surface area contributed by atoms with Gasteiger partial charge in [0.1, 0.15) is 0 Å². The first-order chi connectivity index (χ1) is 4.70. The van der Waals surface area contributed by atoms with E-state index in [1.54, 1.807) is 0 Å². The van der Waals surface area contributed by atoms with Gasteiger partial charge in [-0.15, -0.1) is 0 Å². The van der Waals surface area contributed by atoms with Crippen molar-refractivity contribution < 1.29 is 13.5 Å². The second-order valence-electron chi connectivity index (χ2n) is 2.64. The van der Waals surface area contributed by atoms with Crippen LogP contribution in [-0.2, 0) is 4.74 Å². The summed E-state index contributed by atoms with van der Waals surface area (Å²) in [5.41, 5.74) is 0. The maximum Gasteiger partial charge on any atom is 0.307 e. The Labute approximate surface area is 58.7 Å². The third-order valence-electron chi connectivity index (χ3n) is 1.62. The Morgan fingerprint density at radius 2 is 2.30 bits per heavy atom. The summed E-state index contributed by atoms with van der Waals surface area (Å²) in [6.45, 7) is 2.43. The summed E-state index contributed by atoms with van der Waals surface area (Å²) in [6.07, 6.45) is -0.456. The summed E-state index contributed by atoms with van der Waals surface area (Å²) in [6, 6.07) is 0. The van der Waals surface area contributed by atoms with Crippen LogP contribution in [0.3, 0.4) is 0 Å². The van der Waals surface area contributed by atoms with Crippen molar-refractivity contribution in [1.82, 2.24) is 0 Å². The fourth-order valence-corrected chi connectivity index (χ4v) is 0.925. The highest BCUT2D eigenvalue weighted by Crippen LogP contribution is 2.24. The zero-order valence-electron chi connectivity index (χ0n) is 5.86. The largest absolute Gasteiger partial charge is 0.492 e. The number of hydrogen-bond acceptors (Lipinski definition) is 1. The first-order valence-electron chi connectivity index (χ1n) is 3.37. The number of rotatable bonds is 0. The lowest BCUT2D eigenvalue weighted by atomic mass is 10.0. The van der Waals surface area contributed by atoms with Crippen molar-refractivity contribution >= 4 is 0 Å². The molecule has 1 aliphatic heterocycles. The predicted octanol–water partition coefficient (Wildman–Crippen LogP) is 2.54. The molecule has 0 spiro atoms. The average Bonchev–Trinajstić information content (AvgIpc) is 1.88. The van der Waals surface area contributed by atoms with Gasteiger partial charge in [0.25, 0.3) is 0 Å². The standard InChI is InChI=1S/C7H10F2O/c1-5-2-3-6(7(8)9)10-4-5/h5H,2-4H2,1H3. The van der Waals surface area contributed by atoms with Gasteiger partial charge in [-0.1, -0.05) is 6.92 Å². The first-order valence-corrected chi connectivity index (χ1v) is 3.37. The number of allylic oxidation sites excluding steroid dienone is 1. The van der Waals surface area contributed by atoms with Gasteiger partial charge in [-0.3, -0.25) is 0 Å². The monoisotopic (exact) mass is 148 g/mol. The summed E-state index contributed by atoms with van der Waals surface area (Å²) >= 11 is 0. The highest BCUT2D eigenvalue weighted by molar-refractivity contribution is 4.95. The molecular weight excluding hydrogens is 138 g/mol. The van der Waals surface area contributed by atoms with Crippen LogP contribution in [0, 0.1) is 5.92 Å².